The van der Waals surface area contributed by atoms with Crippen molar-refractivity contribution in [1.82, 2.24) is 4.31 Å². The lowest BCUT2D eigenvalue weighted by atomic mass is 10.0. The fourth-order valence-corrected chi connectivity index (χ4v) is 4.72. The van der Waals surface area contributed by atoms with Gasteiger partial charge in [0, 0.05) is 18.8 Å². The molecule has 1 fully saturated rings. The molecule has 0 atom stereocenters. The molecule has 2 aromatic carbocycles. The van der Waals surface area contributed by atoms with Crippen LogP contribution in [0.2, 0.25) is 5.02 Å². The number of carbonyl (C=O) groups is 1. The van der Waals surface area contributed by atoms with Crippen LogP contribution in [-0.4, -0.2) is 51.5 Å². The average Bonchev–Trinajstić information content (AvgIpc) is 2.73. The van der Waals surface area contributed by atoms with Gasteiger partial charge in [0.05, 0.1) is 23.1 Å². The maximum atomic E-state index is 12.7. The summed E-state index contributed by atoms with van der Waals surface area (Å²) in [7, 11) is -3.65. The van der Waals surface area contributed by atoms with Crippen molar-refractivity contribution in [1.29, 1.82) is 0 Å². The van der Waals surface area contributed by atoms with Gasteiger partial charge in [-0.1, -0.05) is 37.6 Å². The first-order valence-electron chi connectivity index (χ1n) is 9.67. The predicted molar refractivity (Wildman–Crippen MR) is 116 cm³/mol. The molecule has 30 heavy (non-hydrogen) atoms. The summed E-state index contributed by atoms with van der Waals surface area (Å²) in [5, 5.41) is 2.88. The van der Waals surface area contributed by atoms with Gasteiger partial charge in [-0.3, -0.25) is 4.79 Å². The normalized spacial score (nSPS) is 15.2. The molecule has 3 rings (SSSR count). The molecule has 0 radical (unpaired) electrons. The number of hydrogen-bond donors (Lipinski definition) is 1. The second kappa shape index (κ2) is 9.78. The molecule has 1 saturated heterocycles. The second-order valence-electron chi connectivity index (χ2n) is 7.22. The maximum Gasteiger partial charge on any atom is 0.262 e. The van der Waals surface area contributed by atoms with E-state index in [1.165, 1.54) is 28.1 Å². The minimum absolute atomic E-state index is 0.0800. The summed E-state index contributed by atoms with van der Waals surface area (Å²) < 4.78 is 37.4. The Morgan fingerprint density at radius 1 is 1.17 bits per heavy atom. The fourth-order valence-electron chi connectivity index (χ4n) is 2.99. The molecular formula is C21H25ClN2O5S. The molecule has 1 aliphatic heterocycles. The summed E-state index contributed by atoms with van der Waals surface area (Å²) in [6.07, 6.45) is 0. The highest BCUT2D eigenvalue weighted by Crippen LogP contribution is 2.29. The van der Waals surface area contributed by atoms with Crippen molar-refractivity contribution in [3.05, 3.63) is 53.1 Å². The van der Waals surface area contributed by atoms with Crippen LogP contribution in [0.3, 0.4) is 0 Å². The monoisotopic (exact) mass is 452 g/mol. The van der Waals surface area contributed by atoms with E-state index in [-0.39, 0.29) is 28.2 Å². The predicted octanol–water partition coefficient (Wildman–Crippen LogP) is 3.50. The average molecular weight is 453 g/mol. The summed E-state index contributed by atoms with van der Waals surface area (Å²) >= 11 is 6.20. The van der Waals surface area contributed by atoms with Crippen LogP contribution in [0.15, 0.2) is 47.4 Å². The van der Waals surface area contributed by atoms with E-state index in [0.717, 1.165) is 0 Å². The molecule has 162 valence electrons. The molecule has 1 N–H and O–H groups in total. The lowest BCUT2D eigenvalue weighted by Crippen LogP contribution is -2.40. The van der Waals surface area contributed by atoms with Crippen LogP contribution in [0, 0.1) is 0 Å². The standard InChI is InChI=1S/C21H25ClN2O5S/c1-15(2)16-3-5-17(6-4-16)23-21(25)14-29-20-8-7-18(13-19(20)22)30(26,27)24-9-11-28-12-10-24/h3-8,13,15H,9-12,14H2,1-2H3,(H,23,25). The van der Waals surface area contributed by atoms with Gasteiger partial charge in [0.1, 0.15) is 5.75 Å². The van der Waals surface area contributed by atoms with E-state index in [2.05, 4.69) is 19.2 Å². The molecule has 0 unspecified atom stereocenters. The summed E-state index contributed by atoms with van der Waals surface area (Å²) in [6.45, 7) is 5.28. The molecule has 9 heteroatoms. The van der Waals surface area contributed by atoms with Crippen molar-refractivity contribution in [2.24, 2.45) is 0 Å². The Kier molecular flexibility index (Phi) is 7.36. The first-order chi connectivity index (χ1) is 14.3. The van der Waals surface area contributed by atoms with Gasteiger partial charge in [-0.15, -0.1) is 0 Å². The van der Waals surface area contributed by atoms with Crippen molar-refractivity contribution in [2.75, 3.05) is 38.2 Å². The van der Waals surface area contributed by atoms with Gasteiger partial charge in [0.2, 0.25) is 10.0 Å². The number of nitrogens with zero attached hydrogens (tertiary/aromatic N) is 1. The van der Waals surface area contributed by atoms with Crippen LogP contribution >= 0.6 is 11.6 Å². The van der Waals surface area contributed by atoms with Crippen LogP contribution in [0.25, 0.3) is 0 Å². The van der Waals surface area contributed by atoms with Crippen LogP contribution in [0.4, 0.5) is 5.69 Å². The Morgan fingerprint density at radius 2 is 1.83 bits per heavy atom. The largest absolute Gasteiger partial charge is 0.482 e. The molecule has 0 bridgehead atoms. The summed E-state index contributed by atoms with van der Waals surface area (Å²) in [5.41, 5.74) is 1.86. The minimum atomic E-state index is -3.65. The van der Waals surface area contributed by atoms with Crippen LogP contribution in [-0.2, 0) is 19.6 Å². The van der Waals surface area contributed by atoms with E-state index in [4.69, 9.17) is 21.1 Å². The molecule has 1 aliphatic rings. The lowest BCUT2D eigenvalue weighted by Gasteiger charge is -2.26. The van der Waals surface area contributed by atoms with E-state index in [1.807, 2.05) is 24.3 Å². The second-order valence-corrected chi connectivity index (χ2v) is 9.57. The van der Waals surface area contributed by atoms with Gasteiger partial charge < -0.3 is 14.8 Å². The molecular weight excluding hydrogens is 428 g/mol. The number of nitrogens with one attached hydrogen (secondary N) is 1. The number of amides is 1. The van der Waals surface area contributed by atoms with Gasteiger partial charge >= 0.3 is 0 Å². The third-order valence-corrected chi connectivity index (χ3v) is 6.92. The molecule has 7 nitrogen and oxygen atoms in total. The Bertz CT molecular complexity index is 987. The zero-order valence-corrected chi connectivity index (χ0v) is 18.5. The molecule has 1 amide bonds. The third kappa shape index (κ3) is 5.51. The Morgan fingerprint density at radius 3 is 2.43 bits per heavy atom. The highest BCUT2D eigenvalue weighted by molar-refractivity contribution is 7.89. The number of morpholine rings is 1. The van der Waals surface area contributed by atoms with Crippen molar-refractivity contribution < 1.29 is 22.7 Å². The summed E-state index contributed by atoms with van der Waals surface area (Å²) in [6, 6.07) is 11.8. The first-order valence-corrected chi connectivity index (χ1v) is 11.5. The molecule has 0 aromatic heterocycles. The number of carbonyl (C=O) groups excluding carboxylic acids is 1. The van der Waals surface area contributed by atoms with E-state index >= 15 is 0 Å². The van der Waals surface area contributed by atoms with E-state index in [1.54, 1.807) is 0 Å². The Labute approximate surface area is 182 Å². The van der Waals surface area contributed by atoms with Gasteiger partial charge in [0.25, 0.3) is 5.91 Å². The fraction of sp³-hybridized carbons (Fsp3) is 0.381. The smallest absolute Gasteiger partial charge is 0.262 e. The van der Waals surface area contributed by atoms with Gasteiger partial charge in [-0.05, 0) is 41.8 Å². The van der Waals surface area contributed by atoms with Gasteiger partial charge in [-0.25, -0.2) is 8.42 Å². The number of ether oxygens (including phenoxy) is 2. The molecule has 0 saturated carbocycles. The van der Waals surface area contributed by atoms with Crippen LogP contribution in [0.5, 0.6) is 5.75 Å². The quantitative estimate of drug-likeness (QED) is 0.694. The van der Waals surface area contributed by atoms with E-state index in [9.17, 15) is 13.2 Å². The van der Waals surface area contributed by atoms with E-state index in [0.29, 0.717) is 37.9 Å². The molecule has 1 heterocycles. The number of halogens is 1. The van der Waals surface area contributed by atoms with Crippen molar-refractivity contribution in [2.45, 2.75) is 24.7 Å². The first kappa shape index (κ1) is 22.6. The Hall–Kier alpha value is -2.13. The third-order valence-electron chi connectivity index (χ3n) is 4.73. The molecule has 2 aromatic rings. The number of hydrogen-bond acceptors (Lipinski definition) is 5. The van der Waals surface area contributed by atoms with Crippen molar-refractivity contribution in [3.63, 3.8) is 0 Å². The SMILES string of the molecule is CC(C)c1ccc(NC(=O)COc2ccc(S(=O)(=O)N3CCOCC3)cc2Cl)cc1. The summed E-state index contributed by atoms with van der Waals surface area (Å²) in [4.78, 5) is 12.2. The van der Waals surface area contributed by atoms with Crippen LogP contribution in [0.1, 0.15) is 25.3 Å². The van der Waals surface area contributed by atoms with Crippen LogP contribution < -0.4 is 10.1 Å². The zero-order valence-electron chi connectivity index (χ0n) is 16.9. The minimum Gasteiger partial charge on any atom is -0.482 e. The lowest BCUT2D eigenvalue weighted by molar-refractivity contribution is -0.118. The van der Waals surface area contributed by atoms with Crippen molar-refractivity contribution >= 4 is 33.2 Å². The number of benzene rings is 2. The Balaban J connectivity index is 1.59. The van der Waals surface area contributed by atoms with Gasteiger partial charge in [-0.2, -0.15) is 4.31 Å². The molecule has 0 aliphatic carbocycles. The van der Waals surface area contributed by atoms with E-state index < -0.39 is 10.0 Å². The topological polar surface area (TPSA) is 84.9 Å². The van der Waals surface area contributed by atoms with Crippen molar-refractivity contribution in [3.8, 4) is 5.75 Å². The number of rotatable bonds is 7. The number of sulfonamides is 1. The highest BCUT2D eigenvalue weighted by Gasteiger charge is 2.27. The maximum absolute atomic E-state index is 12.7. The van der Waals surface area contributed by atoms with Gasteiger partial charge in [0.15, 0.2) is 6.61 Å². The number of anilines is 1. The summed E-state index contributed by atoms with van der Waals surface area (Å²) in [5.74, 6) is 0.312. The highest BCUT2D eigenvalue weighted by atomic mass is 35.5. The zero-order chi connectivity index (χ0) is 21.7. The molecule has 0 spiro atoms.